The number of nitrogens with zero attached hydrogens (tertiary/aromatic N) is 2. The first-order chi connectivity index (χ1) is 11.5. The molecule has 2 amide bonds. The Hall–Kier alpha value is -2.41. The van der Waals surface area contributed by atoms with E-state index in [1.165, 1.54) is 0 Å². The summed E-state index contributed by atoms with van der Waals surface area (Å²) in [6.07, 6.45) is 2.33. The van der Waals surface area contributed by atoms with Crippen LogP contribution in [0.25, 0.3) is 6.08 Å². The van der Waals surface area contributed by atoms with E-state index in [9.17, 15) is 9.59 Å². The van der Waals surface area contributed by atoms with Gasteiger partial charge in [0.25, 0.3) is 5.17 Å². The molecule has 2 fully saturated rings. The molecule has 1 aromatic carbocycles. The van der Waals surface area contributed by atoms with Gasteiger partial charge in [-0.15, -0.1) is 0 Å². The van der Waals surface area contributed by atoms with Gasteiger partial charge in [0.15, 0.2) is 5.76 Å². The van der Waals surface area contributed by atoms with Crippen LogP contribution in [0.3, 0.4) is 0 Å². The van der Waals surface area contributed by atoms with Crippen molar-refractivity contribution in [3.63, 3.8) is 0 Å². The lowest BCUT2D eigenvalue weighted by atomic mass is 10.1. The molecule has 1 saturated heterocycles. The summed E-state index contributed by atoms with van der Waals surface area (Å²) in [6, 6.07) is 7.65. The molecule has 7 heteroatoms. The minimum absolute atomic E-state index is 0.0179. The molecule has 2 aliphatic rings. The van der Waals surface area contributed by atoms with Crippen molar-refractivity contribution in [2.75, 3.05) is 18.5 Å². The van der Waals surface area contributed by atoms with Gasteiger partial charge in [0.1, 0.15) is 6.10 Å². The zero-order valence-electron chi connectivity index (χ0n) is 13.5. The van der Waals surface area contributed by atoms with E-state index in [1.54, 1.807) is 6.08 Å². The third kappa shape index (κ3) is 3.41. The molecule has 0 unspecified atom stereocenters. The topological polar surface area (TPSA) is 59.1 Å². The zero-order chi connectivity index (χ0) is 17.3. The molecule has 1 aromatic rings. The number of benzene rings is 1. The number of carbonyl (C=O) groups excluding carboxylic acids is 2. The van der Waals surface area contributed by atoms with Gasteiger partial charge < -0.3 is 14.4 Å². The molecule has 3 rings (SSSR count). The van der Waals surface area contributed by atoms with Crippen LogP contribution in [0.15, 0.2) is 30.0 Å². The van der Waals surface area contributed by atoms with Crippen molar-refractivity contribution in [3.05, 3.63) is 35.6 Å². The van der Waals surface area contributed by atoms with Crippen LogP contribution in [-0.2, 0) is 14.3 Å². The monoisotopic (exact) mass is 346 g/mol. The number of hydrogen-bond donors (Lipinski definition) is 0. The van der Waals surface area contributed by atoms with Crippen molar-refractivity contribution >= 4 is 41.2 Å². The van der Waals surface area contributed by atoms with Crippen molar-refractivity contribution in [3.8, 4) is 0 Å². The fraction of sp³-hybridized carbons (Fsp3) is 0.353. The summed E-state index contributed by atoms with van der Waals surface area (Å²) < 4.78 is 10.4. The highest BCUT2D eigenvalue weighted by atomic mass is 32.1. The van der Waals surface area contributed by atoms with E-state index in [-0.39, 0.29) is 17.0 Å². The Morgan fingerprint density at radius 1 is 1.42 bits per heavy atom. The van der Waals surface area contributed by atoms with Gasteiger partial charge in [0.05, 0.1) is 0 Å². The van der Waals surface area contributed by atoms with Gasteiger partial charge in [0, 0.05) is 19.3 Å². The molecule has 0 atom stereocenters. The standard InChI is InChI=1S/C17H18N2O4S/c1-3-18(2)12-6-4-11(5-7-12)10-14-15(20)19(17(24)23-14)16(21)22-13-8-9-13/h4-7,10,13H,3,8-9H2,1-2H3/b14-10+. The second-order valence-electron chi connectivity index (χ2n) is 5.71. The quantitative estimate of drug-likeness (QED) is 0.617. The molecule has 0 spiro atoms. The van der Waals surface area contributed by atoms with Gasteiger partial charge in [-0.1, -0.05) is 12.1 Å². The molecule has 126 valence electrons. The molecular formula is C17H18N2O4S. The fourth-order valence-corrected chi connectivity index (χ4v) is 2.41. The number of ether oxygens (including phenoxy) is 2. The van der Waals surface area contributed by atoms with Crippen LogP contribution in [-0.4, -0.2) is 41.8 Å². The van der Waals surface area contributed by atoms with Crippen molar-refractivity contribution < 1.29 is 19.1 Å². The summed E-state index contributed by atoms with van der Waals surface area (Å²) in [6.45, 7) is 2.96. The predicted molar refractivity (Wildman–Crippen MR) is 93.4 cm³/mol. The van der Waals surface area contributed by atoms with Crippen LogP contribution in [0.2, 0.25) is 0 Å². The Labute approximate surface area is 145 Å². The van der Waals surface area contributed by atoms with Crippen LogP contribution in [0.5, 0.6) is 0 Å². The zero-order valence-corrected chi connectivity index (χ0v) is 14.3. The predicted octanol–water partition coefficient (Wildman–Crippen LogP) is 2.93. The SMILES string of the molecule is CCN(C)c1ccc(/C=C2/OC(=S)N(C(=O)OC3CC3)C2=O)cc1. The number of rotatable bonds is 4. The van der Waals surface area contributed by atoms with Crippen molar-refractivity contribution in [2.45, 2.75) is 25.9 Å². The molecule has 0 radical (unpaired) electrons. The lowest BCUT2D eigenvalue weighted by Crippen LogP contribution is -2.36. The molecule has 1 heterocycles. The van der Waals surface area contributed by atoms with E-state index in [0.717, 1.165) is 35.5 Å². The molecule has 1 saturated carbocycles. The number of amides is 2. The molecular weight excluding hydrogens is 328 g/mol. The molecule has 0 aromatic heterocycles. The summed E-state index contributed by atoms with van der Waals surface area (Å²) in [7, 11) is 2.00. The molecule has 1 aliphatic carbocycles. The Balaban J connectivity index is 1.74. The third-order valence-corrected chi connectivity index (χ3v) is 4.14. The third-order valence-electron chi connectivity index (χ3n) is 3.87. The summed E-state index contributed by atoms with van der Waals surface area (Å²) in [4.78, 5) is 27.1. The normalized spacial score (nSPS) is 18.8. The summed E-state index contributed by atoms with van der Waals surface area (Å²) in [5.41, 5.74) is 1.86. The Morgan fingerprint density at radius 3 is 2.67 bits per heavy atom. The first kappa shape index (κ1) is 16.4. The smallest absolute Gasteiger partial charge is 0.425 e. The average Bonchev–Trinajstić information content (AvgIpc) is 3.33. The minimum Gasteiger partial charge on any atom is -0.445 e. The summed E-state index contributed by atoms with van der Waals surface area (Å²) in [5.74, 6) is -0.579. The number of thiocarbonyl (C=S) groups is 1. The second kappa shape index (κ2) is 6.60. The maximum absolute atomic E-state index is 12.3. The Kier molecular flexibility index (Phi) is 4.53. The van der Waals surface area contributed by atoms with E-state index in [0.29, 0.717) is 0 Å². The largest absolute Gasteiger partial charge is 0.445 e. The first-order valence-electron chi connectivity index (χ1n) is 7.79. The van der Waals surface area contributed by atoms with Gasteiger partial charge in [0.2, 0.25) is 0 Å². The molecule has 0 bridgehead atoms. The molecule has 24 heavy (non-hydrogen) atoms. The highest BCUT2D eigenvalue weighted by molar-refractivity contribution is 7.80. The van der Waals surface area contributed by atoms with Crippen LogP contribution >= 0.6 is 12.2 Å². The number of imide groups is 1. The van der Waals surface area contributed by atoms with Gasteiger partial charge in [-0.05, 0) is 55.8 Å². The minimum atomic E-state index is -0.768. The number of hydrogen-bond acceptors (Lipinski definition) is 6. The van der Waals surface area contributed by atoms with Crippen LogP contribution in [0, 0.1) is 0 Å². The van der Waals surface area contributed by atoms with Gasteiger partial charge in [-0.2, -0.15) is 4.90 Å². The summed E-state index contributed by atoms with van der Waals surface area (Å²) >= 11 is 4.97. The van der Waals surface area contributed by atoms with Crippen molar-refractivity contribution in [2.24, 2.45) is 0 Å². The second-order valence-corrected chi connectivity index (χ2v) is 6.06. The van der Waals surface area contributed by atoms with Crippen LogP contribution in [0.1, 0.15) is 25.3 Å². The van der Waals surface area contributed by atoms with Crippen LogP contribution < -0.4 is 4.90 Å². The average molecular weight is 346 g/mol. The van der Waals surface area contributed by atoms with E-state index >= 15 is 0 Å². The van der Waals surface area contributed by atoms with E-state index in [2.05, 4.69) is 11.8 Å². The molecule has 1 aliphatic heterocycles. The van der Waals surface area contributed by atoms with Gasteiger partial charge >= 0.3 is 12.0 Å². The number of anilines is 1. The lowest BCUT2D eigenvalue weighted by molar-refractivity contribution is -0.121. The summed E-state index contributed by atoms with van der Waals surface area (Å²) in [5, 5.41) is -0.195. The highest BCUT2D eigenvalue weighted by Crippen LogP contribution is 2.27. The Bertz CT molecular complexity index is 710. The molecule has 0 N–H and O–H groups in total. The van der Waals surface area contributed by atoms with Gasteiger partial charge in [-0.25, -0.2) is 4.79 Å². The molecule has 6 nitrogen and oxygen atoms in total. The Morgan fingerprint density at radius 2 is 2.08 bits per heavy atom. The van der Waals surface area contributed by atoms with Crippen LogP contribution in [0.4, 0.5) is 10.5 Å². The van der Waals surface area contributed by atoms with E-state index < -0.39 is 12.0 Å². The van der Waals surface area contributed by atoms with Crippen molar-refractivity contribution in [1.82, 2.24) is 4.90 Å². The first-order valence-corrected chi connectivity index (χ1v) is 8.20. The van der Waals surface area contributed by atoms with Crippen molar-refractivity contribution in [1.29, 1.82) is 0 Å². The number of carbonyl (C=O) groups is 2. The van der Waals surface area contributed by atoms with E-state index in [1.807, 2.05) is 31.3 Å². The highest BCUT2D eigenvalue weighted by Gasteiger charge is 2.41. The maximum Gasteiger partial charge on any atom is 0.425 e. The maximum atomic E-state index is 12.3. The van der Waals surface area contributed by atoms with Gasteiger partial charge in [-0.3, -0.25) is 4.79 Å². The lowest BCUT2D eigenvalue weighted by Gasteiger charge is -2.16. The fourth-order valence-electron chi connectivity index (χ4n) is 2.17. The van der Waals surface area contributed by atoms with E-state index in [4.69, 9.17) is 21.7 Å².